The summed E-state index contributed by atoms with van der Waals surface area (Å²) in [5, 5.41) is 3.29. The Morgan fingerprint density at radius 3 is 1.22 bits per heavy atom. The molecule has 0 bridgehead atoms. The number of carbonyl (C=O) groups excluding carboxylic acids is 1. The van der Waals surface area contributed by atoms with Gasteiger partial charge in [0.15, 0.2) is 0 Å². The highest BCUT2D eigenvalue weighted by molar-refractivity contribution is 7.95. The predicted octanol–water partition coefficient (Wildman–Crippen LogP) is 3.74. The van der Waals surface area contributed by atoms with Crippen molar-refractivity contribution in [3.05, 3.63) is 84.9 Å². The molecule has 0 radical (unpaired) electrons. The molecule has 0 aromatic heterocycles. The van der Waals surface area contributed by atoms with E-state index in [4.69, 9.17) is 18.9 Å². The second kappa shape index (κ2) is 10.3. The third kappa shape index (κ3) is 4.63. The Morgan fingerprint density at radius 2 is 0.969 bits per heavy atom. The van der Waals surface area contributed by atoms with Crippen molar-refractivity contribution in [2.24, 2.45) is 0 Å². The van der Waals surface area contributed by atoms with Gasteiger partial charge in [0, 0.05) is 0 Å². The first kappa shape index (κ1) is 23.4. The average molecular weight is 451 g/mol. The summed E-state index contributed by atoms with van der Waals surface area (Å²) in [7, 11) is 3.97. The number of ether oxygens (including phenoxy) is 4. The Labute approximate surface area is 189 Å². The largest absolute Gasteiger partial charge is 0.497 e. The highest BCUT2D eigenvalue weighted by Gasteiger charge is 2.47. The maximum absolute atomic E-state index is 12.4. The summed E-state index contributed by atoms with van der Waals surface area (Å²) in [4.78, 5) is 12.4. The van der Waals surface area contributed by atoms with Crippen LogP contribution < -0.4 is 30.1 Å². The molecule has 5 nitrogen and oxygen atoms in total. The van der Waals surface area contributed by atoms with Crippen LogP contribution in [0.4, 0.5) is 0 Å². The van der Waals surface area contributed by atoms with Crippen LogP contribution in [0, 0.1) is 0 Å². The second-order valence-electron chi connectivity index (χ2n) is 7.16. The van der Waals surface area contributed by atoms with Gasteiger partial charge in [-0.3, -0.25) is 0 Å². The minimum Gasteiger partial charge on any atom is -0.497 e. The fraction of sp³-hybridized carbons (Fsp3) is 0.192. The lowest BCUT2D eigenvalue weighted by molar-refractivity contribution is -0.135. The molecular formula is C26H28O5P+. The Balaban J connectivity index is 2.30. The van der Waals surface area contributed by atoms with Gasteiger partial charge in [-0.15, -0.1) is 0 Å². The molecule has 0 atom stereocenters. The fourth-order valence-electron chi connectivity index (χ4n) is 3.73. The number of hydrogen-bond acceptors (Lipinski definition) is 5. The maximum Gasteiger partial charge on any atom is 0.336 e. The van der Waals surface area contributed by atoms with Gasteiger partial charge in [-0.2, -0.15) is 0 Å². The molecule has 0 fully saturated rings. The van der Waals surface area contributed by atoms with Crippen molar-refractivity contribution in [1.82, 2.24) is 0 Å². The van der Waals surface area contributed by atoms with Gasteiger partial charge in [0.05, 0.1) is 34.0 Å². The van der Waals surface area contributed by atoms with Crippen molar-refractivity contribution in [3.63, 3.8) is 0 Å². The molecule has 32 heavy (non-hydrogen) atoms. The molecule has 0 heterocycles. The van der Waals surface area contributed by atoms with Crippen LogP contribution in [0.3, 0.4) is 0 Å². The van der Waals surface area contributed by atoms with Crippen LogP contribution in [0.15, 0.2) is 84.9 Å². The number of rotatable bonds is 9. The topological polar surface area (TPSA) is 54.0 Å². The van der Waals surface area contributed by atoms with E-state index in [1.165, 1.54) is 7.11 Å². The highest BCUT2D eigenvalue weighted by atomic mass is 31.2. The van der Waals surface area contributed by atoms with Crippen molar-refractivity contribution in [3.8, 4) is 17.2 Å². The summed E-state index contributed by atoms with van der Waals surface area (Å²) in [6.45, 7) is 4.07. The second-order valence-corrected chi connectivity index (χ2v) is 10.6. The molecule has 0 saturated heterocycles. The van der Waals surface area contributed by atoms with Gasteiger partial charge in [0.25, 0.3) is 0 Å². The number of hydrogen-bond donors (Lipinski definition) is 0. The normalized spacial score (nSPS) is 10.9. The smallest absolute Gasteiger partial charge is 0.336 e. The van der Waals surface area contributed by atoms with E-state index in [1.54, 1.807) is 21.3 Å². The lowest BCUT2D eigenvalue weighted by Crippen LogP contribution is -2.34. The van der Waals surface area contributed by atoms with E-state index < -0.39 is 13.2 Å². The van der Waals surface area contributed by atoms with Crippen molar-refractivity contribution >= 4 is 29.1 Å². The van der Waals surface area contributed by atoms with Gasteiger partial charge in [0.1, 0.15) is 46.6 Å². The van der Waals surface area contributed by atoms with Crippen molar-refractivity contribution in [1.29, 1.82) is 0 Å². The molecule has 3 rings (SSSR count). The molecule has 0 amide bonds. The number of benzene rings is 3. The van der Waals surface area contributed by atoms with Crippen LogP contribution in [0.5, 0.6) is 17.2 Å². The molecule has 166 valence electrons. The zero-order chi connectivity index (χ0) is 23.1. The molecule has 0 spiro atoms. The predicted molar refractivity (Wildman–Crippen MR) is 131 cm³/mol. The molecular weight excluding hydrogens is 423 g/mol. The van der Waals surface area contributed by atoms with E-state index in [-0.39, 0.29) is 0 Å². The zero-order valence-corrected chi connectivity index (χ0v) is 19.7. The van der Waals surface area contributed by atoms with E-state index >= 15 is 0 Å². The van der Waals surface area contributed by atoms with Gasteiger partial charge < -0.3 is 18.9 Å². The van der Waals surface area contributed by atoms with Crippen molar-refractivity contribution < 1.29 is 23.7 Å². The molecule has 3 aromatic carbocycles. The minimum absolute atomic E-state index is 0.412. The van der Waals surface area contributed by atoms with Crippen LogP contribution in [-0.2, 0) is 9.53 Å². The molecule has 3 aromatic rings. The molecule has 0 aliphatic carbocycles. The zero-order valence-electron chi connectivity index (χ0n) is 18.8. The highest BCUT2D eigenvalue weighted by Crippen LogP contribution is 2.57. The van der Waals surface area contributed by atoms with E-state index in [9.17, 15) is 4.79 Å². The van der Waals surface area contributed by atoms with Crippen LogP contribution in [0.2, 0.25) is 0 Å². The molecule has 0 unspecified atom stereocenters. The quantitative estimate of drug-likeness (QED) is 0.282. The van der Waals surface area contributed by atoms with E-state index in [2.05, 4.69) is 43.0 Å². The maximum atomic E-state index is 12.4. The van der Waals surface area contributed by atoms with Gasteiger partial charge >= 0.3 is 5.97 Å². The van der Waals surface area contributed by atoms with Gasteiger partial charge in [-0.05, 0) is 72.8 Å². The Kier molecular flexibility index (Phi) is 7.55. The monoisotopic (exact) mass is 451 g/mol. The molecule has 0 N–H and O–H groups in total. The van der Waals surface area contributed by atoms with Crippen molar-refractivity contribution in [2.75, 3.05) is 34.6 Å². The van der Waals surface area contributed by atoms with E-state index in [0.29, 0.717) is 11.7 Å². The third-order valence-electron chi connectivity index (χ3n) is 5.44. The molecule has 6 heteroatoms. The Morgan fingerprint density at radius 1 is 0.656 bits per heavy atom. The van der Waals surface area contributed by atoms with Gasteiger partial charge in [-0.25, -0.2) is 4.79 Å². The fourth-order valence-corrected chi connectivity index (χ4v) is 7.84. The summed E-state index contributed by atoms with van der Waals surface area (Å²) in [5.41, 5.74) is 0.420. The molecule has 0 aliphatic heterocycles. The SMILES string of the molecule is C=C(C[P+](c1ccc(OC)cc1)(c1ccc(OC)cc1)c1ccc(OC)cc1)C(=O)OC. The number of carbonyl (C=O) groups is 1. The minimum atomic E-state index is -2.33. The number of methoxy groups -OCH3 is 4. The van der Waals surface area contributed by atoms with E-state index in [1.807, 2.05) is 36.4 Å². The summed E-state index contributed by atoms with van der Waals surface area (Å²) in [6.07, 6.45) is 0.435. The first-order valence-corrected chi connectivity index (χ1v) is 12.0. The van der Waals surface area contributed by atoms with Crippen LogP contribution in [-0.4, -0.2) is 40.6 Å². The standard InChI is InChI=1S/C26H28O5P/c1-19(26(27)31-5)18-32(23-12-6-20(28-2)7-13-23,24-14-8-21(29-3)9-15-24)25-16-10-22(30-4)11-17-25/h6-17H,1,18H2,2-5H3/q+1. The summed E-state index contributed by atoms with van der Waals surface area (Å²) in [5.74, 6) is 1.89. The van der Waals surface area contributed by atoms with Crippen LogP contribution in [0.25, 0.3) is 0 Å². The average Bonchev–Trinajstić information content (AvgIpc) is 2.87. The first-order valence-electron chi connectivity index (χ1n) is 10.1. The Hall–Kier alpha value is -3.30. The molecule has 0 saturated carbocycles. The Bertz CT molecular complexity index is 941. The molecule has 0 aliphatic rings. The number of esters is 1. The van der Waals surface area contributed by atoms with E-state index in [0.717, 1.165) is 33.2 Å². The van der Waals surface area contributed by atoms with Crippen molar-refractivity contribution in [2.45, 2.75) is 0 Å². The van der Waals surface area contributed by atoms with Gasteiger partial charge in [-0.1, -0.05) is 6.58 Å². The summed E-state index contributed by atoms with van der Waals surface area (Å²) >= 11 is 0. The lowest BCUT2D eigenvalue weighted by atomic mass is 10.3. The third-order valence-corrected chi connectivity index (χ3v) is 9.84. The first-order chi connectivity index (χ1) is 15.5. The van der Waals surface area contributed by atoms with Gasteiger partial charge in [0.2, 0.25) is 0 Å². The lowest BCUT2D eigenvalue weighted by Gasteiger charge is -2.28. The van der Waals surface area contributed by atoms with Crippen LogP contribution in [0.1, 0.15) is 0 Å². The summed E-state index contributed by atoms with van der Waals surface area (Å²) < 4.78 is 21.1. The van der Waals surface area contributed by atoms with Crippen LogP contribution >= 0.6 is 7.26 Å². The summed E-state index contributed by atoms with van der Waals surface area (Å²) in [6, 6.07) is 24.0.